The molecule has 0 saturated carbocycles. The van der Waals surface area contributed by atoms with Crippen LogP contribution in [0.2, 0.25) is 0 Å². The molecular weight excluding hydrogens is 176 g/mol. The molecule has 14 heavy (non-hydrogen) atoms. The fourth-order valence-electron chi connectivity index (χ4n) is 1.19. The summed E-state index contributed by atoms with van der Waals surface area (Å²) in [4.78, 5) is 4.29. The molecule has 4 nitrogen and oxygen atoms in total. The van der Waals surface area contributed by atoms with Crippen molar-refractivity contribution in [3.63, 3.8) is 0 Å². The lowest BCUT2D eigenvalue weighted by atomic mass is 10.2. The van der Waals surface area contributed by atoms with E-state index < -0.39 is 0 Å². The minimum Gasteiger partial charge on any atom is -0.322 e. The number of aromatic amines is 1. The molecular formula is C10H12N4. The number of aromatic nitrogens is 3. The van der Waals surface area contributed by atoms with Gasteiger partial charge in [-0.25, -0.2) is 4.98 Å². The van der Waals surface area contributed by atoms with Gasteiger partial charge in [0.25, 0.3) is 0 Å². The van der Waals surface area contributed by atoms with E-state index in [-0.39, 0.29) is 6.04 Å². The second-order valence-corrected chi connectivity index (χ2v) is 3.20. The molecule has 0 aliphatic carbocycles. The van der Waals surface area contributed by atoms with Crippen molar-refractivity contribution in [3.05, 3.63) is 36.2 Å². The maximum Gasteiger partial charge on any atom is 0.181 e. The summed E-state index contributed by atoms with van der Waals surface area (Å²) in [6.07, 6.45) is 0. The highest BCUT2D eigenvalue weighted by Crippen LogP contribution is 2.14. The van der Waals surface area contributed by atoms with Crippen molar-refractivity contribution < 1.29 is 0 Å². The molecule has 2 aromatic rings. The molecule has 0 amide bonds. The molecule has 0 bridgehead atoms. The van der Waals surface area contributed by atoms with E-state index in [4.69, 9.17) is 5.73 Å². The summed E-state index contributed by atoms with van der Waals surface area (Å²) < 4.78 is 0. The number of rotatable bonds is 2. The fraction of sp³-hybridized carbons (Fsp3) is 0.200. The van der Waals surface area contributed by atoms with Gasteiger partial charge < -0.3 is 5.73 Å². The quantitative estimate of drug-likeness (QED) is 0.750. The predicted octanol–water partition coefficient (Wildman–Crippen LogP) is 1.49. The van der Waals surface area contributed by atoms with Crippen LogP contribution in [0, 0.1) is 0 Å². The van der Waals surface area contributed by atoms with Gasteiger partial charge >= 0.3 is 0 Å². The van der Waals surface area contributed by atoms with Crippen LogP contribution in [-0.2, 0) is 0 Å². The van der Waals surface area contributed by atoms with E-state index in [0.29, 0.717) is 11.6 Å². The lowest BCUT2D eigenvalue weighted by Crippen LogP contribution is -2.06. The Morgan fingerprint density at radius 2 is 2.00 bits per heavy atom. The van der Waals surface area contributed by atoms with E-state index in [1.165, 1.54) is 0 Å². The second-order valence-electron chi connectivity index (χ2n) is 3.20. The van der Waals surface area contributed by atoms with Crippen molar-refractivity contribution in [2.45, 2.75) is 13.0 Å². The van der Waals surface area contributed by atoms with Crippen LogP contribution in [0.5, 0.6) is 0 Å². The average molecular weight is 188 g/mol. The van der Waals surface area contributed by atoms with E-state index in [1.807, 2.05) is 37.3 Å². The zero-order chi connectivity index (χ0) is 9.97. The van der Waals surface area contributed by atoms with Gasteiger partial charge in [0.15, 0.2) is 5.82 Å². The van der Waals surface area contributed by atoms with Crippen molar-refractivity contribution >= 4 is 0 Å². The molecule has 1 atom stereocenters. The van der Waals surface area contributed by atoms with Crippen LogP contribution < -0.4 is 5.73 Å². The van der Waals surface area contributed by atoms with Gasteiger partial charge in [0.05, 0.1) is 6.04 Å². The van der Waals surface area contributed by atoms with E-state index >= 15 is 0 Å². The molecule has 4 heteroatoms. The smallest absolute Gasteiger partial charge is 0.181 e. The van der Waals surface area contributed by atoms with Gasteiger partial charge in [-0.3, -0.25) is 5.10 Å². The van der Waals surface area contributed by atoms with Crippen LogP contribution in [0.4, 0.5) is 0 Å². The van der Waals surface area contributed by atoms with E-state index in [9.17, 15) is 0 Å². The Bertz CT molecular complexity index is 405. The summed E-state index contributed by atoms with van der Waals surface area (Å²) >= 11 is 0. The van der Waals surface area contributed by atoms with Crippen LogP contribution in [0.1, 0.15) is 18.8 Å². The van der Waals surface area contributed by atoms with Crippen LogP contribution in [0.25, 0.3) is 11.4 Å². The number of nitrogens with two attached hydrogens (primary N) is 1. The summed E-state index contributed by atoms with van der Waals surface area (Å²) in [5.41, 5.74) is 6.67. The topological polar surface area (TPSA) is 67.6 Å². The molecule has 72 valence electrons. The molecule has 1 unspecified atom stereocenters. The van der Waals surface area contributed by atoms with Gasteiger partial charge in [0.2, 0.25) is 0 Å². The number of hydrogen-bond acceptors (Lipinski definition) is 3. The molecule has 0 fully saturated rings. The second kappa shape index (κ2) is 3.59. The molecule has 0 aliphatic heterocycles. The number of hydrogen-bond donors (Lipinski definition) is 2. The molecule has 0 spiro atoms. The Hall–Kier alpha value is -1.68. The molecule has 0 saturated heterocycles. The Kier molecular flexibility index (Phi) is 2.28. The Labute approximate surface area is 82.2 Å². The maximum atomic E-state index is 5.67. The minimum atomic E-state index is -0.111. The van der Waals surface area contributed by atoms with E-state index in [1.54, 1.807) is 0 Å². The molecule has 1 heterocycles. The molecule has 0 aliphatic rings. The first-order chi connectivity index (χ1) is 6.77. The SMILES string of the molecule is CC(N)c1nc(-c2ccccc2)n[nH]1. The van der Waals surface area contributed by atoms with Gasteiger partial charge in [-0.2, -0.15) is 5.10 Å². The third-order valence-corrected chi connectivity index (χ3v) is 1.97. The summed E-state index contributed by atoms with van der Waals surface area (Å²) in [6, 6.07) is 9.69. The van der Waals surface area contributed by atoms with Crippen molar-refractivity contribution in [2.75, 3.05) is 0 Å². The van der Waals surface area contributed by atoms with Gasteiger partial charge in [0.1, 0.15) is 5.82 Å². The third-order valence-electron chi connectivity index (χ3n) is 1.97. The largest absolute Gasteiger partial charge is 0.322 e. The summed E-state index contributed by atoms with van der Waals surface area (Å²) in [5, 5.41) is 6.91. The van der Waals surface area contributed by atoms with Gasteiger partial charge in [-0.05, 0) is 6.92 Å². The Morgan fingerprint density at radius 3 is 2.57 bits per heavy atom. The first kappa shape index (κ1) is 8.90. The van der Waals surface area contributed by atoms with Crippen LogP contribution in [0.15, 0.2) is 30.3 Å². The van der Waals surface area contributed by atoms with Crippen molar-refractivity contribution in [1.82, 2.24) is 15.2 Å². The number of benzene rings is 1. The monoisotopic (exact) mass is 188 g/mol. The third kappa shape index (κ3) is 1.65. The fourth-order valence-corrected chi connectivity index (χ4v) is 1.19. The summed E-state index contributed by atoms with van der Waals surface area (Å²) in [7, 11) is 0. The zero-order valence-corrected chi connectivity index (χ0v) is 7.94. The maximum absolute atomic E-state index is 5.67. The number of nitrogens with zero attached hydrogens (tertiary/aromatic N) is 2. The van der Waals surface area contributed by atoms with Gasteiger partial charge in [-0.1, -0.05) is 30.3 Å². The van der Waals surface area contributed by atoms with Crippen LogP contribution in [0.3, 0.4) is 0 Å². The standard InChI is InChI=1S/C10H12N4/c1-7(11)9-12-10(14-13-9)8-5-3-2-4-6-8/h2-7H,11H2,1H3,(H,12,13,14). The van der Waals surface area contributed by atoms with Crippen molar-refractivity contribution in [2.24, 2.45) is 5.73 Å². The lowest BCUT2D eigenvalue weighted by Gasteiger charge is -1.96. The summed E-state index contributed by atoms with van der Waals surface area (Å²) in [6.45, 7) is 1.87. The minimum absolute atomic E-state index is 0.111. The predicted molar refractivity (Wildman–Crippen MR) is 54.4 cm³/mol. The average Bonchev–Trinajstić information content (AvgIpc) is 2.68. The first-order valence-electron chi connectivity index (χ1n) is 4.50. The molecule has 3 N–H and O–H groups in total. The summed E-state index contributed by atoms with van der Waals surface area (Å²) in [5.74, 6) is 1.40. The Morgan fingerprint density at radius 1 is 1.29 bits per heavy atom. The van der Waals surface area contributed by atoms with Gasteiger partial charge in [-0.15, -0.1) is 0 Å². The highest BCUT2D eigenvalue weighted by molar-refractivity contribution is 5.53. The normalized spacial score (nSPS) is 12.7. The Balaban J connectivity index is 2.34. The van der Waals surface area contributed by atoms with Crippen LogP contribution in [-0.4, -0.2) is 15.2 Å². The number of H-pyrrole nitrogens is 1. The van der Waals surface area contributed by atoms with Crippen molar-refractivity contribution in [1.29, 1.82) is 0 Å². The lowest BCUT2D eigenvalue weighted by molar-refractivity contribution is 0.745. The molecule has 1 aromatic carbocycles. The van der Waals surface area contributed by atoms with Gasteiger partial charge in [0, 0.05) is 5.56 Å². The number of nitrogens with one attached hydrogen (secondary N) is 1. The van der Waals surface area contributed by atoms with E-state index in [0.717, 1.165) is 5.56 Å². The molecule has 0 radical (unpaired) electrons. The molecule has 2 rings (SSSR count). The zero-order valence-electron chi connectivity index (χ0n) is 7.94. The highest BCUT2D eigenvalue weighted by atomic mass is 15.2. The van der Waals surface area contributed by atoms with E-state index in [2.05, 4.69) is 15.2 Å². The first-order valence-corrected chi connectivity index (χ1v) is 4.50. The molecule has 1 aromatic heterocycles. The van der Waals surface area contributed by atoms with Crippen molar-refractivity contribution in [3.8, 4) is 11.4 Å². The highest BCUT2D eigenvalue weighted by Gasteiger charge is 2.07. The van der Waals surface area contributed by atoms with Crippen LogP contribution >= 0.6 is 0 Å².